The second-order valence-electron chi connectivity index (χ2n) is 7.29. The summed E-state index contributed by atoms with van der Waals surface area (Å²) in [6.45, 7) is 4.54. The first-order valence-electron chi connectivity index (χ1n) is 9.48. The first-order chi connectivity index (χ1) is 12.3. The second-order valence-corrected chi connectivity index (χ2v) is 7.29. The Morgan fingerprint density at radius 3 is 3.08 bits per heavy atom. The topological polar surface area (TPSA) is 73.0 Å². The van der Waals surface area contributed by atoms with E-state index in [0.29, 0.717) is 5.92 Å². The van der Waals surface area contributed by atoms with Gasteiger partial charge in [-0.1, -0.05) is 25.5 Å². The van der Waals surface area contributed by atoms with E-state index in [-0.39, 0.29) is 17.9 Å². The number of H-pyrrole nitrogens is 1. The van der Waals surface area contributed by atoms with Crippen LogP contribution in [0.2, 0.25) is 0 Å². The van der Waals surface area contributed by atoms with Crippen LogP contribution in [0.1, 0.15) is 44.3 Å². The largest absolute Gasteiger partial charge is 0.342 e. The number of fused-ring (bicyclic) bond motifs is 1. The molecule has 0 radical (unpaired) electrons. The molecule has 0 spiro atoms. The average Bonchev–Trinajstić information content (AvgIpc) is 3.28. The minimum Gasteiger partial charge on any atom is -0.342 e. The van der Waals surface area contributed by atoms with Gasteiger partial charge in [0.2, 0.25) is 5.91 Å². The quantitative estimate of drug-likeness (QED) is 0.797. The predicted octanol–water partition coefficient (Wildman–Crippen LogP) is 2.16. The normalized spacial score (nSPS) is 27.1. The van der Waals surface area contributed by atoms with Crippen LogP contribution >= 0.6 is 0 Å². The highest BCUT2D eigenvalue weighted by atomic mass is 16.2. The smallest absolute Gasteiger partial charge is 0.228 e. The van der Waals surface area contributed by atoms with E-state index < -0.39 is 0 Å². The van der Waals surface area contributed by atoms with E-state index in [1.165, 1.54) is 0 Å². The van der Waals surface area contributed by atoms with E-state index in [0.717, 1.165) is 62.2 Å². The summed E-state index contributed by atoms with van der Waals surface area (Å²) in [6, 6.07) is 8.38. The summed E-state index contributed by atoms with van der Waals surface area (Å²) in [5, 5.41) is 0. The Kier molecular flexibility index (Phi) is 4.72. The van der Waals surface area contributed by atoms with Crippen LogP contribution in [0.4, 0.5) is 0 Å². The van der Waals surface area contributed by atoms with Gasteiger partial charge in [0.25, 0.3) is 0 Å². The molecule has 2 aromatic rings. The second kappa shape index (κ2) is 7.14. The summed E-state index contributed by atoms with van der Waals surface area (Å²) in [5.41, 5.74) is 8.53. The van der Waals surface area contributed by atoms with Gasteiger partial charge in [0.1, 0.15) is 5.82 Å². The number of piperidine rings is 1. The number of hydrazine groups is 1. The van der Waals surface area contributed by atoms with Gasteiger partial charge in [-0.3, -0.25) is 15.6 Å². The van der Waals surface area contributed by atoms with Gasteiger partial charge in [0, 0.05) is 31.6 Å². The van der Waals surface area contributed by atoms with Crippen molar-refractivity contribution in [2.75, 3.05) is 19.6 Å². The van der Waals surface area contributed by atoms with Crippen LogP contribution in [0.15, 0.2) is 24.3 Å². The highest BCUT2D eigenvalue weighted by Crippen LogP contribution is 2.28. The van der Waals surface area contributed by atoms with Crippen molar-refractivity contribution in [1.82, 2.24) is 25.7 Å². The summed E-state index contributed by atoms with van der Waals surface area (Å²) >= 11 is 0. The van der Waals surface area contributed by atoms with Crippen LogP contribution in [0.5, 0.6) is 0 Å². The van der Waals surface area contributed by atoms with Crippen molar-refractivity contribution in [2.24, 2.45) is 5.92 Å². The number of amides is 1. The Balaban J connectivity index is 1.47. The first kappa shape index (κ1) is 16.5. The van der Waals surface area contributed by atoms with Gasteiger partial charge in [-0.2, -0.15) is 0 Å². The number of likely N-dealkylation sites (tertiary alicyclic amines) is 1. The molecule has 2 aliphatic heterocycles. The maximum Gasteiger partial charge on any atom is 0.228 e. The summed E-state index contributed by atoms with van der Waals surface area (Å²) in [4.78, 5) is 23.3. The molecular weight excluding hydrogens is 314 g/mol. The minimum atomic E-state index is 0.0503. The lowest BCUT2D eigenvalue weighted by Gasteiger charge is -2.34. The van der Waals surface area contributed by atoms with Crippen molar-refractivity contribution in [2.45, 2.75) is 44.6 Å². The number of rotatable bonds is 4. The number of nitrogens with one attached hydrogen (secondary N) is 3. The van der Waals surface area contributed by atoms with Gasteiger partial charge < -0.3 is 9.88 Å². The van der Waals surface area contributed by atoms with Crippen molar-refractivity contribution in [3.63, 3.8) is 0 Å². The highest BCUT2D eigenvalue weighted by molar-refractivity contribution is 5.80. The van der Waals surface area contributed by atoms with E-state index in [9.17, 15) is 4.79 Å². The number of carbonyl (C=O) groups excluding carboxylic acids is 1. The van der Waals surface area contributed by atoms with Gasteiger partial charge in [0.05, 0.1) is 17.0 Å². The number of imidazole rings is 1. The third-order valence-electron chi connectivity index (χ3n) is 5.54. The highest BCUT2D eigenvalue weighted by Gasteiger charge is 2.37. The van der Waals surface area contributed by atoms with Crippen LogP contribution < -0.4 is 10.9 Å². The summed E-state index contributed by atoms with van der Waals surface area (Å²) in [5.74, 6) is 1.66. The molecule has 2 saturated heterocycles. The zero-order valence-corrected chi connectivity index (χ0v) is 14.8. The Hall–Kier alpha value is -1.92. The molecule has 0 bridgehead atoms. The number of hydrogen-bond donors (Lipinski definition) is 3. The molecule has 134 valence electrons. The number of benzene rings is 1. The molecule has 3 N–H and O–H groups in total. The van der Waals surface area contributed by atoms with Crippen molar-refractivity contribution in [1.29, 1.82) is 0 Å². The zero-order chi connectivity index (χ0) is 17.2. The van der Waals surface area contributed by atoms with Gasteiger partial charge in [-0.25, -0.2) is 4.98 Å². The molecule has 25 heavy (non-hydrogen) atoms. The van der Waals surface area contributed by atoms with Crippen molar-refractivity contribution in [3.8, 4) is 0 Å². The molecule has 3 heterocycles. The van der Waals surface area contributed by atoms with E-state index in [1.807, 2.05) is 18.2 Å². The minimum absolute atomic E-state index is 0.0503. The van der Waals surface area contributed by atoms with Crippen LogP contribution in [-0.2, 0) is 4.79 Å². The number of hydrogen-bond acceptors (Lipinski definition) is 4. The Morgan fingerprint density at radius 1 is 1.36 bits per heavy atom. The fourth-order valence-corrected chi connectivity index (χ4v) is 4.19. The monoisotopic (exact) mass is 341 g/mol. The van der Waals surface area contributed by atoms with E-state index in [1.54, 1.807) is 0 Å². The maximum atomic E-state index is 13.0. The van der Waals surface area contributed by atoms with Gasteiger partial charge in [-0.15, -0.1) is 0 Å². The van der Waals surface area contributed by atoms with Crippen LogP contribution in [0, 0.1) is 5.92 Å². The summed E-state index contributed by atoms with van der Waals surface area (Å²) < 4.78 is 0. The average molecular weight is 341 g/mol. The Labute approximate surface area is 148 Å². The number of aromatic nitrogens is 2. The SMILES string of the molecule is CCCC1NNCC1C(=O)N1CCCC(c2nc3ccccc3[nH]2)C1. The lowest BCUT2D eigenvalue weighted by Crippen LogP contribution is -2.46. The number of para-hydroxylation sites is 2. The third kappa shape index (κ3) is 3.28. The maximum absolute atomic E-state index is 13.0. The van der Waals surface area contributed by atoms with Gasteiger partial charge in [0.15, 0.2) is 0 Å². The van der Waals surface area contributed by atoms with Crippen molar-refractivity contribution < 1.29 is 4.79 Å². The van der Waals surface area contributed by atoms with Crippen molar-refractivity contribution in [3.05, 3.63) is 30.1 Å². The number of nitrogens with zero attached hydrogens (tertiary/aromatic N) is 2. The molecule has 1 aromatic heterocycles. The molecule has 0 aliphatic carbocycles. The lowest BCUT2D eigenvalue weighted by atomic mass is 9.92. The lowest BCUT2D eigenvalue weighted by molar-refractivity contribution is -0.136. The summed E-state index contributed by atoms with van der Waals surface area (Å²) in [7, 11) is 0. The number of aromatic amines is 1. The van der Waals surface area contributed by atoms with E-state index in [4.69, 9.17) is 4.98 Å². The van der Waals surface area contributed by atoms with Crippen LogP contribution in [0.3, 0.4) is 0 Å². The van der Waals surface area contributed by atoms with Crippen LogP contribution in [0.25, 0.3) is 11.0 Å². The molecule has 6 nitrogen and oxygen atoms in total. The standard InChI is InChI=1S/C19H27N5O/c1-2-6-15-14(11-20-23-15)19(25)24-10-5-7-13(12-24)18-21-16-8-3-4-9-17(16)22-18/h3-4,8-9,13-15,20,23H,2,5-7,10-12H2,1H3,(H,21,22). The van der Waals surface area contributed by atoms with Gasteiger partial charge in [-0.05, 0) is 31.4 Å². The van der Waals surface area contributed by atoms with Gasteiger partial charge >= 0.3 is 0 Å². The Morgan fingerprint density at radius 2 is 2.24 bits per heavy atom. The molecule has 3 unspecified atom stereocenters. The Bertz CT molecular complexity index is 709. The molecule has 2 fully saturated rings. The predicted molar refractivity (Wildman–Crippen MR) is 98.0 cm³/mol. The van der Waals surface area contributed by atoms with E-state index >= 15 is 0 Å². The first-order valence-corrected chi connectivity index (χ1v) is 9.48. The molecule has 0 saturated carbocycles. The fraction of sp³-hybridized carbons (Fsp3) is 0.579. The molecule has 2 aliphatic rings. The number of carbonyl (C=O) groups is 1. The summed E-state index contributed by atoms with van der Waals surface area (Å²) in [6.07, 6.45) is 4.25. The van der Waals surface area contributed by atoms with E-state index in [2.05, 4.69) is 33.7 Å². The molecule has 1 aromatic carbocycles. The molecular formula is C19H27N5O. The molecule has 3 atom stereocenters. The zero-order valence-electron chi connectivity index (χ0n) is 14.8. The third-order valence-corrected chi connectivity index (χ3v) is 5.54. The molecule has 4 rings (SSSR count). The molecule has 6 heteroatoms. The van der Waals surface area contributed by atoms with Crippen molar-refractivity contribution >= 4 is 16.9 Å². The molecule has 1 amide bonds. The van der Waals surface area contributed by atoms with Crippen LogP contribution in [-0.4, -0.2) is 46.5 Å². The fourth-order valence-electron chi connectivity index (χ4n) is 4.19.